The molecule has 116 valence electrons. The van der Waals surface area contributed by atoms with E-state index in [9.17, 15) is 0 Å². The Morgan fingerprint density at radius 3 is 2.73 bits per heavy atom. The minimum absolute atomic E-state index is 0.849. The van der Waals surface area contributed by atoms with Crippen molar-refractivity contribution in [1.82, 2.24) is 9.88 Å². The van der Waals surface area contributed by atoms with E-state index in [4.69, 9.17) is 21.9 Å². The molecule has 1 aromatic carbocycles. The lowest BCUT2D eigenvalue weighted by Gasteiger charge is -2.16. The van der Waals surface area contributed by atoms with Gasteiger partial charge in [-0.15, -0.1) is 11.3 Å². The highest BCUT2D eigenvalue weighted by Gasteiger charge is 2.15. The molecule has 0 spiro atoms. The summed E-state index contributed by atoms with van der Waals surface area (Å²) < 4.78 is 6.20. The van der Waals surface area contributed by atoms with Crippen LogP contribution in [-0.2, 0) is 5.75 Å². The van der Waals surface area contributed by atoms with E-state index in [1.54, 1.807) is 30.2 Å². The molecule has 1 aromatic heterocycles. The summed E-state index contributed by atoms with van der Waals surface area (Å²) in [6.07, 6.45) is 2.53. The molecule has 1 fully saturated rings. The fourth-order valence-electron chi connectivity index (χ4n) is 2.37. The van der Waals surface area contributed by atoms with Gasteiger partial charge in [0.2, 0.25) is 0 Å². The number of hydrogen-bond donors (Lipinski definition) is 0. The molecular weight excluding hydrogens is 332 g/mol. The maximum absolute atomic E-state index is 5.49. The molecule has 0 atom stereocenters. The first kappa shape index (κ1) is 15.8. The number of aromatic nitrogens is 1. The largest absolute Gasteiger partial charge is 0.497 e. The van der Waals surface area contributed by atoms with E-state index in [0.29, 0.717) is 0 Å². The molecule has 2 aromatic rings. The van der Waals surface area contributed by atoms with E-state index in [1.165, 1.54) is 12.8 Å². The van der Waals surface area contributed by atoms with E-state index in [2.05, 4.69) is 10.3 Å². The zero-order valence-corrected chi connectivity index (χ0v) is 14.9. The number of rotatable bonds is 4. The van der Waals surface area contributed by atoms with Crippen molar-refractivity contribution in [2.75, 3.05) is 20.2 Å². The number of thiazole rings is 1. The first-order chi connectivity index (χ1) is 10.8. The van der Waals surface area contributed by atoms with E-state index in [0.717, 1.165) is 45.2 Å². The van der Waals surface area contributed by atoms with Crippen LogP contribution in [0.2, 0.25) is 0 Å². The Balaban J connectivity index is 1.59. The molecule has 22 heavy (non-hydrogen) atoms. The molecule has 0 bridgehead atoms. The highest BCUT2D eigenvalue weighted by Crippen LogP contribution is 2.28. The normalized spacial score (nSPS) is 14.3. The number of likely N-dealkylation sites (tertiary alicyclic amines) is 1. The quantitative estimate of drug-likeness (QED) is 0.760. The van der Waals surface area contributed by atoms with Gasteiger partial charge >= 0.3 is 0 Å². The van der Waals surface area contributed by atoms with Gasteiger partial charge in [-0.05, 0) is 37.1 Å². The van der Waals surface area contributed by atoms with Crippen LogP contribution in [0.3, 0.4) is 0 Å². The molecule has 0 amide bonds. The Kier molecular flexibility index (Phi) is 5.33. The highest BCUT2D eigenvalue weighted by molar-refractivity contribution is 8.22. The number of hydrogen-bond acceptors (Lipinski definition) is 5. The molecule has 1 aliphatic rings. The van der Waals surface area contributed by atoms with Gasteiger partial charge in [0.25, 0.3) is 0 Å². The zero-order valence-electron chi connectivity index (χ0n) is 12.4. The van der Waals surface area contributed by atoms with Crippen molar-refractivity contribution >= 4 is 39.6 Å². The lowest BCUT2D eigenvalue weighted by Crippen LogP contribution is -2.23. The average Bonchev–Trinajstić information content (AvgIpc) is 3.24. The molecule has 1 saturated heterocycles. The van der Waals surface area contributed by atoms with Gasteiger partial charge in [0.05, 0.1) is 12.8 Å². The number of nitrogens with zero attached hydrogens (tertiary/aromatic N) is 2. The van der Waals surface area contributed by atoms with Crippen molar-refractivity contribution in [2.45, 2.75) is 18.6 Å². The number of methoxy groups -OCH3 is 1. The summed E-state index contributed by atoms with van der Waals surface area (Å²) in [6.45, 7) is 2.22. The van der Waals surface area contributed by atoms with Crippen LogP contribution >= 0.6 is 35.3 Å². The van der Waals surface area contributed by atoms with Crippen LogP contribution in [0.5, 0.6) is 5.75 Å². The maximum atomic E-state index is 5.49. The Morgan fingerprint density at radius 2 is 2.05 bits per heavy atom. The summed E-state index contributed by atoms with van der Waals surface area (Å²) in [4.78, 5) is 7.02. The van der Waals surface area contributed by atoms with Gasteiger partial charge < -0.3 is 9.64 Å². The molecule has 0 radical (unpaired) electrons. The molecule has 2 heterocycles. The Labute approximate surface area is 144 Å². The number of thiocarbonyl (C=S) groups is 1. The highest BCUT2D eigenvalue weighted by atomic mass is 32.2. The van der Waals surface area contributed by atoms with Gasteiger partial charge in [-0.25, -0.2) is 4.98 Å². The van der Waals surface area contributed by atoms with Gasteiger partial charge in [-0.3, -0.25) is 0 Å². The van der Waals surface area contributed by atoms with Crippen LogP contribution in [0.4, 0.5) is 0 Å². The van der Waals surface area contributed by atoms with Crippen molar-refractivity contribution in [3.63, 3.8) is 0 Å². The monoisotopic (exact) mass is 350 g/mol. The van der Waals surface area contributed by atoms with Crippen LogP contribution in [0.15, 0.2) is 29.6 Å². The first-order valence-electron chi connectivity index (χ1n) is 7.27. The smallest absolute Gasteiger partial charge is 0.136 e. The molecular formula is C16H18N2OS3. The fourth-order valence-corrected chi connectivity index (χ4v) is 4.44. The minimum Gasteiger partial charge on any atom is -0.497 e. The lowest BCUT2D eigenvalue weighted by atomic mass is 10.2. The third-order valence-corrected chi connectivity index (χ3v) is 6.09. The lowest BCUT2D eigenvalue weighted by molar-refractivity contribution is 0.415. The van der Waals surface area contributed by atoms with Crippen LogP contribution in [0.25, 0.3) is 10.6 Å². The molecule has 1 aliphatic heterocycles. The maximum Gasteiger partial charge on any atom is 0.136 e. The predicted molar refractivity (Wildman–Crippen MR) is 98.8 cm³/mol. The standard InChI is InChI=1S/C16H18N2OS3/c1-19-14-6-4-12(5-7-14)15-17-13(10-21-15)11-22-16(20)18-8-2-3-9-18/h4-7,10H,2-3,8-9,11H2,1H3. The van der Waals surface area contributed by atoms with Crippen LogP contribution in [0, 0.1) is 0 Å². The van der Waals surface area contributed by atoms with Gasteiger partial charge in [-0.2, -0.15) is 0 Å². The molecule has 0 N–H and O–H groups in total. The first-order valence-corrected chi connectivity index (χ1v) is 9.54. The van der Waals surface area contributed by atoms with Crippen molar-refractivity contribution in [2.24, 2.45) is 0 Å². The van der Waals surface area contributed by atoms with Gasteiger partial charge in [-0.1, -0.05) is 24.0 Å². The Bertz CT molecular complexity index is 633. The molecule has 3 nitrogen and oxygen atoms in total. The molecule has 6 heteroatoms. The summed E-state index contributed by atoms with van der Waals surface area (Å²) >= 11 is 8.89. The second kappa shape index (κ2) is 7.44. The Hall–Kier alpha value is -1.11. The van der Waals surface area contributed by atoms with E-state index >= 15 is 0 Å². The predicted octanol–water partition coefficient (Wildman–Crippen LogP) is 4.43. The van der Waals surface area contributed by atoms with E-state index in [1.807, 2.05) is 24.3 Å². The van der Waals surface area contributed by atoms with Crippen LogP contribution in [-0.4, -0.2) is 34.4 Å². The molecule has 3 rings (SSSR count). The average molecular weight is 351 g/mol. The fraction of sp³-hybridized carbons (Fsp3) is 0.375. The summed E-state index contributed by atoms with van der Waals surface area (Å²) in [7, 11) is 1.68. The van der Waals surface area contributed by atoms with Crippen molar-refractivity contribution < 1.29 is 4.74 Å². The van der Waals surface area contributed by atoms with E-state index < -0.39 is 0 Å². The second-order valence-electron chi connectivity index (χ2n) is 5.12. The molecule has 0 unspecified atom stereocenters. The van der Waals surface area contributed by atoms with Crippen molar-refractivity contribution in [3.8, 4) is 16.3 Å². The summed E-state index contributed by atoms with van der Waals surface area (Å²) in [5.74, 6) is 1.72. The van der Waals surface area contributed by atoms with E-state index in [-0.39, 0.29) is 0 Å². The molecule has 0 aliphatic carbocycles. The van der Waals surface area contributed by atoms with Crippen molar-refractivity contribution in [1.29, 1.82) is 0 Å². The zero-order chi connectivity index (χ0) is 15.4. The van der Waals surface area contributed by atoms with Gasteiger partial charge in [0.15, 0.2) is 0 Å². The number of ether oxygens (including phenoxy) is 1. The topological polar surface area (TPSA) is 25.4 Å². The minimum atomic E-state index is 0.849. The summed E-state index contributed by atoms with van der Waals surface area (Å²) in [6, 6.07) is 8.02. The van der Waals surface area contributed by atoms with Crippen LogP contribution in [0.1, 0.15) is 18.5 Å². The van der Waals surface area contributed by atoms with Gasteiger partial charge in [0, 0.05) is 29.8 Å². The van der Waals surface area contributed by atoms with Crippen molar-refractivity contribution in [3.05, 3.63) is 35.3 Å². The number of thioether (sulfide) groups is 1. The number of benzene rings is 1. The van der Waals surface area contributed by atoms with Gasteiger partial charge in [0.1, 0.15) is 15.1 Å². The second-order valence-corrected chi connectivity index (χ2v) is 7.59. The summed E-state index contributed by atoms with van der Waals surface area (Å²) in [5, 5.41) is 3.17. The summed E-state index contributed by atoms with van der Waals surface area (Å²) in [5.41, 5.74) is 2.23. The molecule has 0 saturated carbocycles. The SMILES string of the molecule is COc1ccc(-c2nc(CSC(=S)N3CCCC3)cs2)cc1. The third kappa shape index (κ3) is 3.80. The van der Waals surface area contributed by atoms with Crippen LogP contribution < -0.4 is 4.74 Å². The third-order valence-electron chi connectivity index (χ3n) is 3.60. The Morgan fingerprint density at radius 1 is 1.32 bits per heavy atom.